The van der Waals surface area contributed by atoms with Gasteiger partial charge in [-0.3, -0.25) is 0 Å². The second-order valence-electron chi connectivity index (χ2n) is 6.34. The SMILES string of the molecule is COCC[NH+](Cn1nc(-c2ccc(Cl)cc2)oc1=S)[C@@H]1CCS(=O)(=O)C1. The first-order chi connectivity index (χ1) is 12.4. The van der Waals surface area contributed by atoms with Crippen molar-refractivity contribution in [2.75, 3.05) is 31.8 Å². The minimum atomic E-state index is -2.96. The second kappa shape index (κ2) is 8.18. The Morgan fingerprint density at radius 1 is 1.42 bits per heavy atom. The van der Waals surface area contributed by atoms with E-state index in [-0.39, 0.29) is 22.4 Å². The first kappa shape index (κ1) is 19.5. The van der Waals surface area contributed by atoms with Crippen LogP contribution in [0.3, 0.4) is 0 Å². The number of halogens is 1. The quantitative estimate of drug-likeness (QED) is 0.681. The molecule has 26 heavy (non-hydrogen) atoms. The Hall–Kier alpha value is -1.26. The second-order valence-corrected chi connectivity index (χ2v) is 9.35. The number of methoxy groups -OCH3 is 1. The summed E-state index contributed by atoms with van der Waals surface area (Å²) in [5.74, 6) is 0.826. The largest absolute Gasteiger partial charge is 0.409 e. The first-order valence-corrected chi connectivity index (χ1v) is 10.9. The molecular weight excluding hydrogens is 398 g/mol. The average Bonchev–Trinajstić information content (AvgIpc) is 3.14. The predicted octanol–water partition coefficient (Wildman–Crippen LogP) is 1.20. The Kier molecular flexibility index (Phi) is 6.13. The average molecular weight is 419 g/mol. The Labute approximate surface area is 162 Å². The van der Waals surface area contributed by atoms with Crippen molar-refractivity contribution in [3.8, 4) is 11.5 Å². The number of aromatic nitrogens is 2. The highest BCUT2D eigenvalue weighted by atomic mass is 35.5. The molecule has 0 aliphatic carbocycles. The molecule has 1 aliphatic heterocycles. The Morgan fingerprint density at radius 3 is 2.77 bits per heavy atom. The third-order valence-electron chi connectivity index (χ3n) is 4.49. The third-order valence-corrected chi connectivity index (χ3v) is 6.80. The van der Waals surface area contributed by atoms with Gasteiger partial charge in [-0.25, -0.2) is 8.42 Å². The van der Waals surface area contributed by atoms with Gasteiger partial charge < -0.3 is 14.1 Å². The maximum absolute atomic E-state index is 11.8. The maximum atomic E-state index is 11.8. The summed E-state index contributed by atoms with van der Waals surface area (Å²) in [6, 6.07) is 7.15. The Bertz CT molecular complexity index is 908. The monoisotopic (exact) mass is 418 g/mol. The van der Waals surface area contributed by atoms with Crippen molar-refractivity contribution in [3.63, 3.8) is 0 Å². The number of nitrogens with one attached hydrogen (secondary N) is 1. The minimum absolute atomic E-state index is 0.00716. The normalized spacial score (nSPS) is 20.3. The Morgan fingerprint density at radius 2 is 2.15 bits per heavy atom. The van der Waals surface area contributed by atoms with Crippen LogP contribution < -0.4 is 4.90 Å². The summed E-state index contributed by atoms with van der Waals surface area (Å²) in [7, 11) is -1.33. The molecule has 1 fully saturated rings. The highest BCUT2D eigenvalue weighted by molar-refractivity contribution is 7.91. The van der Waals surface area contributed by atoms with Crippen molar-refractivity contribution in [1.29, 1.82) is 0 Å². The topological polar surface area (TPSA) is 78.8 Å². The number of benzene rings is 1. The van der Waals surface area contributed by atoms with Crippen LogP contribution in [0.1, 0.15) is 6.42 Å². The van der Waals surface area contributed by atoms with Crippen molar-refractivity contribution >= 4 is 33.7 Å². The van der Waals surface area contributed by atoms with Crippen LogP contribution in [0, 0.1) is 4.84 Å². The molecule has 1 aliphatic rings. The van der Waals surface area contributed by atoms with Crippen LogP contribution in [-0.4, -0.2) is 56.0 Å². The van der Waals surface area contributed by atoms with Crippen LogP contribution >= 0.6 is 23.8 Å². The molecule has 1 N–H and O–H groups in total. The van der Waals surface area contributed by atoms with Gasteiger partial charge in [-0.15, -0.1) is 5.10 Å². The van der Waals surface area contributed by atoms with Crippen LogP contribution in [0.25, 0.3) is 11.5 Å². The van der Waals surface area contributed by atoms with E-state index >= 15 is 0 Å². The van der Waals surface area contributed by atoms with Crippen LogP contribution in [0.5, 0.6) is 0 Å². The van der Waals surface area contributed by atoms with E-state index < -0.39 is 9.84 Å². The van der Waals surface area contributed by atoms with Gasteiger partial charge in [0.2, 0.25) is 5.89 Å². The molecule has 2 atom stereocenters. The van der Waals surface area contributed by atoms with Gasteiger partial charge >= 0.3 is 0 Å². The van der Waals surface area contributed by atoms with Crippen molar-refractivity contribution in [2.24, 2.45) is 0 Å². The molecule has 0 saturated carbocycles. The molecule has 2 heterocycles. The zero-order valence-electron chi connectivity index (χ0n) is 14.4. The van der Waals surface area contributed by atoms with E-state index in [9.17, 15) is 8.42 Å². The van der Waals surface area contributed by atoms with E-state index in [2.05, 4.69) is 5.10 Å². The molecule has 142 valence electrons. The highest BCUT2D eigenvalue weighted by Gasteiger charge is 2.35. The van der Waals surface area contributed by atoms with Crippen LogP contribution in [0.15, 0.2) is 28.7 Å². The zero-order chi connectivity index (χ0) is 18.7. The van der Waals surface area contributed by atoms with Crippen molar-refractivity contribution < 1.29 is 22.5 Å². The molecule has 10 heteroatoms. The summed E-state index contributed by atoms with van der Waals surface area (Å²) in [4.78, 5) is 1.32. The van der Waals surface area contributed by atoms with E-state index in [1.807, 2.05) is 12.1 Å². The summed E-state index contributed by atoms with van der Waals surface area (Å²) in [5.41, 5.74) is 0.779. The fraction of sp³-hybridized carbons (Fsp3) is 0.500. The zero-order valence-corrected chi connectivity index (χ0v) is 16.7. The molecule has 0 bridgehead atoms. The molecule has 1 aromatic carbocycles. The number of quaternary nitrogens is 1. The summed E-state index contributed by atoms with van der Waals surface area (Å²) < 4.78 is 36.1. The number of nitrogens with zero attached hydrogens (tertiary/aromatic N) is 2. The van der Waals surface area contributed by atoms with Crippen molar-refractivity contribution in [1.82, 2.24) is 9.78 Å². The fourth-order valence-electron chi connectivity index (χ4n) is 3.07. The van der Waals surface area contributed by atoms with E-state index in [1.54, 1.807) is 23.9 Å². The lowest BCUT2D eigenvalue weighted by Crippen LogP contribution is -3.16. The van der Waals surface area contributed by atoms with Crippen LogP contribution in [0.4, 0.5) is 0 Å². The van der Waals surface area contributed by atoms with Gasteiger partial charge in [0.1, 0.15) is 18.3 Å². The van der Waals surface area contributed by atoms with Crippen molar-refractivity contribution in [2.45, 2.75) is 19.1 Å². The molecule has 1 unspecified atom stereocenters. The van der Waals surface area contributed by atoms with E-state index in [1.165, 1.54) is 0 Å². The Balaban J connectivity index is 1.80. The summed E-state index contributed by atoms with van der Waals surface area (Å²) in [6.45, 7) is 1.63. The highest BCUT2D eigenvalue weighted by Crippen LogP contribution is 2.20. The van der Waals surface area contributed by atoms with Gasteiger partial charge in [-0.1, -0.05) is 11.6 Å². The molecule has 7 nitrogen and oxygen atoms in total. The van der Waals surface area contributed by atoms with E-state index in [0.717, 1.165) is 10.5 Å². The van der Waals surface area contributed by atoms with Gasteiger partial charge in [0.05, 0.1) is 12.4 Å². The van der Waals surface area contributed by atoms with Gasteiger partial charge in [0.15, 0.2) is 16.5 Å². The third kappa shape index (κ3) is 4.72. The first-order valence-electron chi connectivity index (χ1n) is 8.26. The van der Waals surface area contributed by atoms with Crippen LogP contribution in [0.2, 0.25) is 5.02 Å². The van der Waals surface area contributed by atoms with Gasteiger partial charge in [0.25, 0.3) is 4.84 Å². The molecule has 0 spiro atoms. The molecule has 1 aromatic heterocycles. The number of rotatable bonds is 7. The van der Waals surface area contributed by atoms with E-state index in [0.29, 0.717) is 37.2 Å². The lowest BCUT2D eigenvalue weighted by Gasteiger charge is -2.24. The predicted molar refractivity (Wildman–Crippen MR) is 101 cm³/mol. The molecule has 0 radical (unpaired) electrons. The lowest BCUT2D eigenvalue weighted by molar-refractivity contribution is -0.945. The molecule has 1 saturated heterocycles. The molecule has 0 amide bonds. The summed E-state index contributed by atoms with van der Waals surface area (Å²) >= 11 is 11.2. The molecular formula is C16H21ClN3O4S2+. The van der Waals surface area contributed by atoms with Crippen LogP contribution in [-0.2, 0) is 21.2 Å². The van der Waals surface area contributed by atoms with E-state index in [4.69, 9.17) is 33.0 Å². The number of hydrogen-bond acceptors (Lipinski definition) is 6. The fourth-order valence-corrected chi connectivity index (χ4v) is 5.21. The standard InChI is InChI=1S/C16H20ClN3O4S2/c1-23-8-7-19(14-6-9-26(21,22)10-14)11-20-16(25)24-15(18-20)12-2-4-13(17)5-3-12/h2-5,14H,6-11H2,1H3/p+1/t14-/m1/s1. The number of hydrogen-bond donors (Lipinski definition) is 1. The smallest absolute Gasteiger partial charge is 0.292 e. The minimum Gasteiger partial charge on any atom is -0.409 e. The van der Waals surface area contributed by atoms with Crippen molar-refractivity contribution in [3.05, 3.63) is 34.1 Å². The van der Waals surface area contributed by atoms with Gasteiger partial charge in [0, 0.05) is 24.1 Å². The summed E-state index contributed by atoms with van der Waals surface area (Å²) in [6.07, 6.45) is 0.636. The molecule has 3 rings (SSSR count). The van der Waals surface area contributed by atoms with Gasteiger partial charge in [-0.2, -0.15) is 4.68 Å². The lowest BCUT2D eigenvalue weighted by atomic mass is 10.2. The number of sulfone groups is 1. The van der Waals surface area contributed by atoms with Gasteiger partial charge in [-0.05, 0) is 36.5 Å². The summed E-state index contributed by atoms with van der Waals surface area (Å²) in [5, 5.41) is 5.09. The molecule has 2 aromatic rings. The maximum Gasteiger partial charge on any atom is 0.292 e. The number of ether oxygens (including phenoxy) is 1.